The quantitative estimate of drug-likeness (QED) is 0.678. The lowest BCUT2D eigenvalue weighted by Crippen LogP contribution is -2.32. The van der Waals surface area contributed by atoms with Gasteiger partial charge >= 0.3 is 5.69 Å². The molecule has 1 aromatic rings. The summed E-state index contributed by atoms with van der Waals surface area (Å²) in [6.45, 7) is 0.765. The summed E-state index contributed by atoms with van der Waals surface area (Å²) in [5.74, 6) is -0.0659. The first-order valence-corrected chi connectivity index (χ1v) is 5.93. The van der Waals surface area contributed by atoms with Gasteiger partial charge in [0.05, 0.1) is 11.5 Å². The zero-order valence-corrected chi connectivity index (χ0v) is 11.3. The molecule has 0 fully saturated rings. The number of carbonyl (C=O) groups is 1. The third-order valence-corrected chi connectivity index (χ3v) is 2.75. The van der Waals surface area contributed by atoms with Crippen LogP contribution in [-0.4, -0.2) is 43.7 Å². The Labute approximate surface area is 110 Å². The van der Waals surface area contributed by atoms with Crippen LogP contribution < -0.4 is 11.4 Å². The lowest BCUT2D eigenvalue weighted by atomic mass is 10.3. The minimum absolute atomic E-state index is 0.0659. The highest BCUT2D eigenvalue weighted by Gasteiger charge is 2.10. The summed E-state index contributed by atoms with van der Waals surface area (Å²) in [6, 6.07) is 0. The van der Waals surface area contributed by atoms with Gasteiger partial charge in [0, 0.05) is 33.5 Å². The molecule has 0 bridgehead atoms. The number of amides is 1. The van der Waals surface area contributed by atoms with Gasteiger partial charge in [-0.15, -0.1) is 0 Å². The van der Waals surface area contributed by atoms with Crippen LogP contribution >= 0.6 is 12.2 Å². The van der Waals surface area contributed by atoms with Crippen molar-refractivity contribution in [1.82, 2.24) is 19.2 Å². The standard InChI is InChI=1S/C10H17N5O2S/c1-13(5-3-8(11)18)9(16)4-6-15-10(17)14(2)7-12-15/h7H,3-6H2,1-2H3,(H2,11,18). The molecule has 100 valence electrons. The third-order valence-electron chi connectivity index (χ3n) is 2.54. The molecule has 0 saturated carbocycles. The maximum Gasteiger partial charge on any atom is 0.345 e. The number of aromatic nitrogens is 3. The van der Waals surface area contributed by atoms with E-state index in [-0.39, 0.29) is 24.6 Å². The van der Waals surface area contributed by atoms with Crippen molar-refractivity contribution in [1.29, 1.82) is 0 Å². The third kappa shape index (κ3) is 3.95. The Hall–Kier alpha value is -1.70. The van der Waals surface area contributed by atoms with Gasteiger partial charge in [-0.2, -0.15) is 5.10 Å². The van der Waals surface area contributed by atoms with Crippen molar-refractivity contribution in [3.8, 4) is 0 Å². The molecule has 0 aliphatic rings. The molecule has 18 heavy (non-hydrogen) atoms. The monoisotopic (exact) mass is 271 g/mol. The number of nitrogens with two attached hydrogens (primary N) is 1. The minimum Gasteiger partial charge on any atom is -0.393 e. The molecule has 1 rings (SSSR count). The van der Waals surface area contributed by atoms with Crippen molar-refractivity contribution in [3.63, 3.8) is 0 Å². The Kier molecular flexibility index (Phi) is 5.02. The van der Waals surface area contributed by atoms with Crippen LogP contribution in [0.15, 0.2) is 11.1 Å². The van der Waals surface area contributed by atoms with Crippen LogP contribution in [-0.2, 0) is 18.4 Å². The number of carbonyl (C=O) groups excluding carboxylic acids is 1. The summed E-state index contributed by atoms with van der Waals surface area (Å²) in [5.41, 5.74) is 5.14. The van der Waals surface area contributed by atoms with E-state index in [4.69, 9.17) is 18.0 Å². The van der Waals surface area contributed by atoms with Gasteiger partial charge in [0.15, 0.2) is 0 Å². The van der Waals surface area contributed by atoms with Crippen molar-refractivity contribution < 1.29 is 4.79 Å². The molecule has 2 N–H and O–H groups in total. The van der Waals surface area contributed by atoms with Crippen molar-refractivity contribution in [3.05, 3.63) is 16.8 Å². The highest BCUT2D eigenvalue weighted by atomic mass is 32.1. The first-order chi connectivity index (χ1) is 8.41. The van der Waals surface area contributed by atoms with Gasteiger partial charge in [0.1, 0.15) is 6.33 Å². The van der Waals surface area contributed by atoms with Gasteiger partial charge < -0.3 is 10.6 Å². The van der Waals surface area contributed by atoms with Crippen LogP contribution in [0, 0.1) is 0 Å². The van der Waals surface area contributed by atoms with Crippen molar-refractivity contribution in [2.75, 3.05) is 13.6 Å². The predicted molar refractivity (Wildman–Crippen MR) is 71.1 cm³/mol. The number of hydrogen-bond donors (Lipinski definition) is 1. The van der Waals surface area contributed by atoms with Gasteiger partial charge in [0.25, 0.3) is 0 Å². The van der Waals surface area contributed by atoms with Gasteiger partial charge in [-0.3, -0.25) is 9.36 Å². The van der Waals surface area contributed by atoms with E-state index in [1.807, 2.05) is 0 Å². The Balaban J connectivity index is 2.43. The zero-order valence-electron chi connectivity index (χ0n) is 10.5. The fraction of sp³-hybridized carbons (Fsp3) is 0.600. The number of thiocarbonyl (C=S) groups is 1. The SMILES string of the molecule is CN(CCC(N)=S)C(=O)CCn1ncn(C)c1=O. The Morgan fingerprint density at radius 3 is 2.72 bits per heavy atom. The van der Waals surface area contributed by atoms with E-state index < -0.39 is 0 Å². The smallest absolute Gasteiger partial charge is 0.345 e. The van der Waals surface area contributed by atoms with Crippen LogP contribution in [0.4, 0.5) is 0 Å². The number of rotatable bonds is 6. The fourth-order valence-electron chi connectivity index (χ4n) is 1.37. The summed E-state index contributed by atoms with van der Waals surface area (Å²) in [4.78, 5) is 25.1. The highest BCUT2D eigenvalue weighted by molar-refractivity contribution is 7.80. The summed E-state index contributed by atoms with van der Waals surface area (Å²) in [6.07, 6.45) is 2.15. The Morgan fingerprint density at radius 2 is 2.22 bits per heavy atom. The van der Waals surface area contributed by atoms with Crippen molar-refractivity contribution >= 4 is 23.1 Å². The summed E-state index contributed by atoms with van der Waals surface area (Å²) >= 11 is 4.74. The molecule has 0 atom stereocenters. The topological polar surface area (TPSA) is 86.2 Å². The number of aryl methyl sites for hydroxylation is 2. The van der Waals surface area contributed by atoms with E-state index in [1.165, 1.54) is 15.6 Å². The van der Waals surface area contributed by atoms with Crippen LogP contribution in [0.5, 0.6) is 0 Å². The Bertz CT molecular complexity index is 493. The molecule has 0 radical (unpaired) electrons. The van der Waals surface area contributed by atoms with Crippen LogP contribution in [0.3, 0.4) is 0 Å². The van der Waals surface area contributed by atoms with Crippen LogP contribution in [0.1, 0.15) is 12.8 Å². The van der Waals surface area contributed by atoms with Gasteiger partial charge in [-0.1, -0.05) is 12.2 Å². The van der Waals surface area contributed by atoms with Gasteiger partial charge in [0.2, 0.25) is 5.91 Å². The Morgan fingerprint density at radius 1 is 1.56 bits per heavy atom. The average Bonchev–Trinajstić information content (AvgIpc) is 2.64. The van der Waals surface area contributed by atoms with Crippen LogP contribution in [0.2, 0.25) is 0 Å². The molecule has 0 aliphatic carbocycles. The molecule has 0 spiro atoms. The molecule has 1 aromatic heterocycles. The summed E-state index contributed by atoms with van der Waals surface area (Å²) in [5, 5.41) is 3.88. The second-order valence-corrected chi connectivity index (χ2v) is 4.55. The fourth-order valence-corrected chi connectivity index (χ4v) is 1.46. The van der Waals surface area contributed by atoms with E-state index in [2.05, 4.69) is 5.10 Å². The second kappa shape index (κ2) is 6.29. The van der Waals surface area contributed by atoms with Gasteiger partial charge in [-0.25, -0.2) is 9.48 Å². The molecule has 1 heterocycles. The maximum atomic E-state index is 11.7. The van der Waals surface area contributed by atoms with E-state index in [0.29, 0.717) is 18.0 Å². The molecule has 0 unspecified atom stereocenters. The molecule has 1 amide bonds. The molecule has 0 saturated heterocycles. The van der Waals surface area contributed by atoms with E-state index >= 15 is 0 Å². The second-order valence-electron chi connectivity index (χ2n) is 4.03. The molecular formula is C10H17N5O2S. The summed E-state index contributed by atoms with van der Waals surface area (Å²) < 4.78 is 2.63. The molecule has 0 aromatic carbocycles. The van der Waals surface area contributed by atoms with Crippen molar-refractivity contribution in [2.45, 2.75) is 19.4 Å². The predicted octanol–water partition coefficient (Wildman–Crippen LogP) is -0.893. The van der Waals surface area contributed by atoms with Crippen molar-refractivity contribution in [2.24, 2.45) is 12.8 Å². The van der Waals surface area contributed by atoms with E-state index in [1.54, 1.807) is 19.0 Å². The lowest BCUT2D eigenvalue weighted by molar-refractivity contribution is -0.130. The highest BCUT2D eigenvalue weighted by Crippen LogP contribution is 1.95. The molecular weight excluding hydrogens is 254 g/mol. The normalized spacial score (nSPS) is 10.3. The minimum atomic E-state index is -0.228. The van der Waals surface area contributed by atoms with Gasteiger partial charge in [-0.05, 0) is 0 Å². The first kappa shape index (κ1) is 14.4. The first-order valence-electron chi connectivity index (χ1n) is 5.52. The molecule has 0 aliphatic heterocycles. The number of hydrogen-bond acceptors (Lipinski definition) is 4. The summed E-state index contributed by atoms with van der Waals surface area (Å²) in [7, 11) is 3.30. The molecule has 8 heteroatoms. The molecule has 7 nitrogen and oxygen atoms in total. The maximum absolute atomic E-state index is 11.7. The zero-order chi connectivity index (χ0) is 13.7. The average molecular weight is 271 g/mol. The van der Waals surface area contributed by atoms with E-state index in [9.17, 15) is 9.59 Å². The van der Waals surface area contributed by atoms with E-state index in [0.717, 1.165) is 0 Å². The lowest BCUT2D eigenvalue weighted by Gasteiger charge is -2.16. The largest absolute Gasteiger partial charge is 0.393 e. The number of nitrogens with zero attached hydrogens (tertiary/aromatic N) is 4. The van der Waals surface area contributed by atoms with Crippen LogP contribution in [0.25, 0.3) is 0 Å².